The first-order valence-electron chi connectivity index (χ1n) is 2.91. The molecular weight excluding hydrogens is 152 g/mol. The highest BCUT2D eigenvalue weighted by Gasteiger charge is 2.31. The third-order valence-corrected chi connectivity index (χ3v) is 1.24. The van der Waals surface area contributed by atoms with Crippen molar-refractivity contribution in [1.29, 1.82) is 0 Å². The number of amides is 2. The Labute approximate surface area is 61.6 Å². The first-order valence-corrected chi connectivity index (χ1v) is 2.91. The van der Waals surface area contributed by atoms with Crippen molar-refractivity contribution in [2.75, 3.05) is 6.54 Å². The second kappa shape index (κ2) is 2.67. The number of carbonyl (C=O) groups excluding carboxylic acids is 2. The zero-order chi connectivity index (χ0) is 8.43. The SMILES string of the molecule is O=C1CNC(C(=O)O)C(=O)N1. The lowest BCUT2D eigenvalue weighted by molar-refractivity contribution is -0.146. The van der Waals surface area contributed by atoms with Gasteiger partial charge in [-0.1, -0.05) is 0 Å². The molecule has 1 heterocycles. The molecule has 0 spiro atoms. The fourth-order valence-corrected chi connectivity index (χ4v) is 0.741. The van der Waals surface area contributed by atoms with Gasteiger partial charge < -0.3 is 5.11 Å². The largest absolute Gasteiger partial charge is 0.480 e. The fourth-order valence-electron chi connectivity index (χ4n) is 0.741. The average Bonchev–Trinajstić information content (AvgIpc) is 1.85. The number of imide groups is 1. The zero-order valence-corrected chi connectivity index (χ0v) is 5.46. The Kier molecular flexibility index (Phi) is 1.86. The molecule has 11 heavy (non-hydrogen) atoms. The van der Waals surface area contributed by atoms with Crippen LogP contribution in [0.4, 0.5) is 0 Å². The minimum absolute atomic E-state index is 0.136. The summed E-state index contributed by atoms with van der Waals surface area (Å²) >= 11 is 0. The Morgan fingerprint density at radius 3 is 2.64 bits per heavy atom. The first-order chi connectivity index (χ1) is 5.11. The maximum atomic E-state index is 10.7. The molecule has 1 rings (SSSR count). The predicted molar refractivity (Wildman–Crippen MR) is 32.6 cm³/mol. The molecule has 0 aromatic carbocycles. The van der Waals surface area contributed by atoms with E-state index < -0.39 is 23.8 Å². The molecule has 60 valence electrons. The lowest BCUT2D eigenvalue weighted by Crippen LogP contribution is -2.59. The van der Waals surface area contributed by atoms with Gasteiger partial charge >= 0.3 is 5.97 Å². The molecule has 2 amide bonds. The number of hydrogen-bond acceptors (Lipinski definition) is 4. The standard InChI is InChI=1S/C5H6N2O4/c8-2-1-6-3(5(10)11)4(9)7-2/h3,6H,1H2,(H,10,11)(H,7,8,9). The molecular formula is C5H6N2O4. The van der Waals surface area contributed by atoms with Crippen molar-refractivity contribution >= 4 is 17.8 Å². The van der Waals surface area contributed by atoms with Gasteiger partial charge in [-0.25, -0.2) is 4.79 Å². The molecule has 6 heteroatoms. The summed E-state index contributed by atoms with van der Waals surface area (Å²) in [5.41, 5.74) is 0. The van der Waals surface area contributed by atoms with Crippen LogP contribution in [0.2, 0.25) is 0 Å². The highest BCUT2D eigenvalue weighted by atomic mass is 16.4. The van der Waals surface area contributed by atoms with Crippen LogP contribution in [0.5, 0.6) is 0 Å². The number of hydrogen-bond donors (Lipinski definition) is 3. The normalized spacial score (nSPS) is 24.5. The first kappa shape index (κ1) is 7.67. The van der Waals surface area contributed by atoms with Crippen LogP contribution < -0.4 is 10.6 Å². The van der Waals surface area contributed by atoms with E-state index in [0.717, 1.165) is 0 Å². The van der Waals surface area contributed by atoms with Crippen molar-refractivity contribution in [3.63, 3.8) is 0 Å². The van der Waals surface area contributed by atoms with Gasteiger partial charge in [0, 0.05) is 0 Å². The fraction of sp³-hybridized carbons (Fsp3) is 0.400. The molecule has 0 bridgehead atoms. The number of carboxylic acid groups (broad SMARTS) is 1. The molecule has 0 aromatic rings. The van der Waals surface area contributed by atoms with E-state index in [9.17, 15) is 14.4 Å². The van der Waals surface area contributed by atoms with Crippen molar-refractivity contribution in [3.8, 4) is 0 Å². The van der Waals surface area contributed by atoms with Gasteiger partial charge in [0.15, 0.2) is 6.04 Å². The van der Waals surface area contributed by atoms with Crippen LogP contribution in [0.3, 0.4) is 0 Å². The number of carbonyl (C=O) groups is 3. The monoisotopic (exact) mass is 158 g/mol. The average molecular weight is 158 g/mol. The highest BCUT2D eigenvalue weighted by molar-refractivity contribution is 6.10. The van der Waals surface area contributed by atoms with Crippen LogP contribution in [0.25, 0.3) is 0 Å². The quantitative estimate of drug-likeness (QED) is 0.294. The topological polar surface area (TPSA) is 95.5 Å². The Morgan fingerprint density at radius 2 is 2.18 bits per heavy atom. The third-order valence-electron chi connectivity index (χ3n) is 1.24. The van der Waals surface area contributed by atoms with Crippen molar-refractivity contribution in [2.45, 2.75) is 6.04 Å². The van der Waals surface area contributed by atoms with Gasteiger partial charge in [0.25, 0.3) is 5.91 Å². The summed E-state index contributed by atoms with van der Waals surface area (Å²) in [5, 5.41) is 12.5. The van der Waals surface area contributed by atoms with Crippen LogP contribution in [0.1, 0.15) is 0 Å². The summed E-state index contributed by atoms with van der Waals surface area (Å²) in [4.78, 5) is 31.4. The van der Waals surface area contributed by atoms with E-state index in [1.807, 2.05) is 5.32 Å². The number of rotatable bonds is 1. The van der Waals surface area contributed by atoms with Gasteiger partial charge in [-0.3, -0.25) is 20.2 Å². The highest BCUT2D eigenvalue weighted by Crippen LogP contribution is 1.89. The van der Waals surface area contributed by atoms with Gasteiger partial charge in [-0.15, -0.1) is 0 Å². The summed E-state index contributed by atoms with van der Waals surface area (Å²) in [6, 6.07) is -1.30. The summed E-state index contributed by atoms with van der Waals surface area (Å²) in [6.45, 7) is -0.136. The minimum Gasteiger partial charge on any atom is -0.480 e. The molecule has 1 atom stereocenters. The Hall–Kier alpha value is -1.43. The van der Waals surface area contributed by atoms with Crippen molar-refractivity contribution in [3.05, 3.63) is 0 Å². The molecule has 0 aromatic heterocycles. The van der Waals surface area contributed by atoms with Crippen molar-refractivity contribution in [1.82, 2.24) is 10.6 Å². The summed E-state index contributed by atoms with van der Waals surface area (Å²) in [6.07, 6.45) is 0. The van der Waals surface area contributed by atoms with Crippen LogP contribution in [0, 0.1) is 0 Å². The molecule has 1 aliphatic heterocycles. The Bertz CT molecular complexity index is 225. The van der Waals surface area contributed by atoms with Gasteiger partial charge in [0.2, 0.25) is 5.91 Å². The van der Waals surface area contributed by atoms with Crippen LogP contribution >= 0.6 is 0 Å². The number of nitrogens with one attached hydrogen (secondary N) is 2. The van der Waals surface area contributed by atoms with Crippen LogP contribution in [-0.2, 0) is 14.4 Å². The second-order valence-electron chi connectivity index (χ2n) is 2.06. The van der Waals surface area contributed by atoms with E-state index in [1.165, 1.54) is 0 Å². The molecule has 0 radical (unpaired) electrons. The third kappa shape index (κ3) is 1.53. The van der Waals surface area contributed by atoms with Crippen LogP contribution in [-0.4, -0.2) is 35.5 Å². The van der Waals surface area contributed by atoms with E-state index in [2.05, 4.69) is 5.32 Å². The lowest BCUT2D eigenvalue weighted by atomic mass is 10.2. The molecule has 6 nitrogen and oxygen atoms in total. The summed E-state index contributed by atoms with van der Waals surface area (Å²) in [5.74, 6) is -2.60. The summed E-state index contributed by atoms with van der Waals surface area (Å²) < 4.78 is 0. The molecule has 1 fully saturated rings. The van der Waals surface area contributed by atoms with Crippen molar-refractivity contribution < 1.29 is 19.5 Å². The van der Waals surface area contributed by atoms with E-state index in [1.54, 1.807) is 0 Å². The van der Waals surface area contributed by atoms with Crippen LogP contribution in [0.15, 0.2) is 0 Å². The molecule has 0 aliphatic carbocycles. The van der Waals surface area contributed by atoms with E-state index in [0.29, 0.717) is 0 Å². The second-order valence-corrected chi connectivity index (χ2v) is 2.06. The van der Waals surface area contributed by atoms with Crippen molar-refractivity contribution in [2.24, 2.45) is 0 Å². The minimum atomic E-state index is -1.30. The predicted octanol–water partition coefficient (Wildman–Crippen LogP) is -2.31. The van der Waals surface area contributed by atoms with E-state index in [4.69, 9.17) is 5.11 Å². The van der Waals surface area contributed by atoms with Gasteiger partial charge in [-0.05, 0) is 0 Å². The maximum Gasteiger partial charge on any atom is 0.330 e. The van der Waals surface area contributed by atoms with Gasteiger partial charge in [0.05, 0.1) is 6.54 Å². The molecule has 1 aliphatic rings. The molecule has 1 saturated heterocycles. The van der Waals surface area contributed by atoms with E-state index in [-0.39, 0.29) is 6.54 Å². The Morgan fingerprint density at radius 1 is 1.55 bits per heavy atom. The van der Waals surface area contributed by atoms with Gasteiger partial charge in [-0.2, -0.15) is 0 Å². The number of piperazine rings is 1. The smallest absolute Gasteiger partial charge is 0.330 e. The number of aliphatic carboxylic acids is 1. The molecule has 3 N–H and O–H groups in total. The number of carboxylic acids is 1. The lowest BCUT2D eigenvalue weighted by Gasteiger charge is -2.18. The maximum absolute atomic E-state index is 10.7. The van der Waals surface area contributed by atoms with Gasteiger partial charge in [0.1, 0.15) is 0 Å². The Balaban J connectivity index is 2.65. The summed E-state index contributed by atoms with van der Waals surface area (Å²) in [7, 11) is 0. The van der Waals surface area contributed by atoms with E-state index >= 15 is 0 Å². The molecule has 1 unspecified atom stereocenters. The zero-order valence-electron chi connectivity index (χ0n) is 5.46. The molecule has 0 saturated carbocycles.